The summed E-state index contributed by atoms with van der Waals surface area (Å²) in [6.07, 6.45) is 3.87. The first-order chi connectivity index (χ1) is 14.9. The summed E-state index contributed by atoms with van der Waals surface area (Å²) >= 11 is 5.59. The van der Waals surface area contributed by atoms with Crippen molar-refractivity contribution < 1.29 is 19.7 Å². The monoisotopic (exact) mass is 444 g/mol. The Kier molecular flexibility index (Phi) is 7.96. The molecule has 0 spiro atoms. The summed E-state index contributed by atoms with van der Waals surface area (Å²) in [7, 11) is 0. The molecular weight excluding hydrogens is 416 g/mol. The Labute approximate surface area is 188 Å². The van der Waals surface area contributed by atoms with Crippen molar-refractivity contribution in [2.75, 3.05) is 19.1 Å². The molecule has 2 atom stereocenters. The summed E-state index contributed by atoms with van der Waals surface area (Å²) in [6.45, 7) is 5.14. The number of hydrogen-bond acceptors (Lipinski definition) is 5. The van der Waals surface area contributed by atoms with Gasteiger partial charge in [-0.2, -0.15) is 0 Å². The quantitative estimate of drug-likeness (QED) is 0.442. The van der Waals surface area contributed by atoms with Gasteiger partial charge in [0.05, 0.1) is 18.8 Å². The maximum Gasteiger partial charge on any atom is 0.119 e. The minimum atomic E-state index is -0.675. The van der Waals surface area contributed by atoms with Crippen molar-refractivity contribution >= 4 is 11.6 Å². The lowest BCUT2D eigenvalue weighted by Gasteiger charge is -2.26. The van der Waals surface area contributed by atoms with Crippen LogP contribution in [0, 0.1) is 0 Å². The van der Waals surface area contributed by atoms with Crippen molar-refractivity contribution in [3.8, 4) is 11.5 Å². The van der Waals surface area contributed by atoms with Crippen LogP contribution in [-0.4, -0.2) is 51.1 Å². The number of imidazole rings is 1. The third-order valence-corrected chi connectivity index (χ3v) is 5.55. The fourth-order valence-corrected chi connectivity index (χ4v) is 3.31. The van der Waals surface area contributed by atoms with Crippen LogP contribution in [0.15, 0.2) is 67.3 Å². The standard InChI is InChI=1S/C24H29ClN2O4/c1-24(2,18-3-7-22(8-4-18)30-15-20(28)13-25)19-5-9-23(10-6-19)31-16-21(29)14-27-12-11-26-17-27/h3-12,17,20-21,28-29H,13-16H2,1-2H3/t20-,21-/m0/s1. The van der Waals surface area contributed by atoms with Crippen LogP contribution < -0.4 is 9.47 Å². The zero-order valence-corrected chi connectivity index (χ0v) is 18.6. The molecule has 6 nitrogen and oxygen atoms in total. The molecule has 3 rings (SSSR count). The minimum Gasteiger partial charge on any atom is -0.491 e. The predicted octanol–water partition coefficient (Wildman–Crippen LogP) is 3.63. The second kappa shape index (κ2) is 10.7. The van der Waals surface area contributed by atoms with Gasteiger partial charge in [0.15, 0.2) is 0 Å². The number of aromatic nitrogens is 2. The fraction of sp³-hybridized carbons (Fsp3) is 0.375. The molecule has 0 radical (unpaired) electrons. The highest BCUT2D eigenvalue weighted by Crippen LogP contribution is 2.33. The normalized spacial score (nSPS) is 13.6. The van der Waals surface area contributed by atoms with Gasteiger partial charge in [0.1, 0.15) is 36.9 Å². The minimum absolute atomic E-state index is 0.147. The van der Waals surface area contributed by atoms with E-state index in [0.717, 1.165) is 11.1 Å². The van der Waals surface area contributed by atoms with Gasteiger partial charge in [-0.15, -0.1) is 11.6 Å². The molecule has 166 valence electrons. The lowest BCUT2D eigenvalue weighted by Crippen LogP contribution is -2.23. The van der Waals surface area contributed by atoms with Crippen LogP contribution in [0.5, 0.6) is 11.5 Å². The van der Waals surface area contributed by atoms with Crippen LogP contribution in [0.2, 0.25) is 0 Å². The van der Waals surface area contributed by atoms with E-state index in [1.54, 1.807) is 12.5 Å². The van der Waals surface area contributed by atoms with E-state index < -0.39 is 12.2 Å². The molecule has 0 bridgehead atoms. The Hall–Kier alpha value is -2.54. The second-order valence-corrected chi connectivity index (χ2v) is 8.33. The van der Waals surface area contributed by atoms with E-state index in [4.69, 9.17) is 21.1 Å². The summed E-state index contributed by atoms with van der Waals surface area (Å²) in [4.78, 5) is 3.96. The molecule has 0 amide bonds. The largest absolute Gasteiger partial charge is 0.491 e. The first-order valence-corrected chi connectivity index (χ1v) is 10.8. The Morgan fingerprint density at radius 3 is 1.87 bits per heavy atom. The molecule has 1 aromatic heterocycles. The molecule has 0 saturated carbocycles. The molecule has 0 fully saturated rings. The number of hydrogen-bond donors (Lipinski definition) is 2. The number of rotatable bonds is 11. The molecule has 0 saturated heterocycles. The highest BCUT2D eigenvalue weighted by atomic mass is 35.5. The predicted molar refractivity (Wildman–Crippen MR) is 121 cm³/mol. The Balaban J connectivity index is 1.57. The van der Waals surface area contributed by atoms with E-state index in [0.29, 0.717) is 18.0 Å². The Morgan fingerprint density at radius 1 is 0.903 bits per heavy atom. The number of nitrogens with zero attached hydrogens (tertiary/aromatic N) is 2. The third-order valence-electron chi connectivity index (χ3n) is 5.20. The van der Waals surface area contributed by atoms with E-state index in [-0.39, 0.29) is 24.5 Å². The van der Waals surface area contributed by atoms with Crippen molar-refractivity contribution in [3.05, 3.63) is 78.4 Å². The summed E-state index contributed by atoms with van der Waals surface area (Å²) < 4.78 is 13.1. The zero-order chi connectivity index (χ0) is 22.3. The third kappa shape index (κ3) is 6.47. The summed E-state index contributed by atoms with van der Waals surface area (Å²) in [6, 6.07) is 15.8. The van der Waals surface area contributed by atoms with Crippen molar-refractivity contribution in [2.24, 2.45) is 0 Å². The molecule has 0 aliphatic heterocycles. The average Bonchev–Trinajstić information content (AvgIpc) is 3.29. The number of alkyl halides is 1. The van der Waals surface area contributed by atoms with Crippen molar-refractivity contribution in [1.82, 2.24) is 9.55 Å². The Morgan fingerprint density at radius 2 is 1.42 bits per heavy atom. The second-order valence-electron chi connectivity index (χ2n) is 8.02. The molecular formula is C24H29ClN2O4. The molecule has 0 aliphatic carbocycles. The fourth-order valence-electron chi connectivity index (χ4n) is 3.22. The van der Waals surface area contributed by atoms with Gasteiger partial charge in [0, 0.05) is 17.8 Å². The summed E-state index contributed by atoms with van der Waals surface area (Å²) in [5.74, 6) is 1.56. The van der Waals surface area contributed by atoms with E-state index in [1.165, 1.54) is 0 Å². The summed E-state index contributed by atoms with van der Waals surface area (Å²) in [5, 5.41) is 19.6. The Bertz CT molecular complexity index is 912. The molecule has 31 heavy (non-hydrogen) atoms. The average molecular weight is 445 g/mol. The first-order valence-electron chi connectivity index (χ1n) is 10.2. The van der Waals surface area contributed by atoms with Crippen LogP contribution in [0.25, 0.3) is 0 Å². The van der Waals surface area contributed by atoms with Gasteiger partial charge in [-0.25, -0.2) is 4.98 Å². The molecule has 2 aromatic carbocycles. The molecule has 2 N–H and O–H groups in total. The zero-order valence-electron chi connectivity index (χ0n) is 17.8. The van der Waals surface area contributed by atoms with Gasteiger partial charge in [-0.1, -0.05) is 38.1 Å². The molecule has 7 heteroatoms. The topological polar surface area (TPSA) is 76.7 Å². The van der Waals surface area contributed by atoms with Gasteiger partial charge in [-0.3, -0.25) is 0 Å². The smallest absolute Gasteiger partial charge is 0.119 e. The number of aliphatic hydroxyl groups is 2. The molecule has 3 aromatic rings. The maximum absolute atomic E-state index is 10.1. The van der Waals surface area contributed by atoms with Crippen LogP contribution in [-0.2, 0) is 12.0 Å². The molecule has 1 heterocycles. The van der Waals surface area contributed by atoms with Crippen LogP contribution in [0.1, 0.15) is 25.0 Å². The van der Waals surface area contributed by atoms with Crippen molar-refractivity contribution in [1.29, 1.82) is 0 Å². The van der Waals surface area contributed by atoms with Gasteiger partial charge < -0.3 is 24.3 Å². The number of benzene rings is 2. The van der Waals surface area contributed by atoms with Crippen LogP contribution >= 0.6 is 11.6 Å². The number of halogens is 1. The lowest BCUT2D eigenvalue weighted by atomic mass is 9.78. The first kappa shape index (κ1) is 23.1. The lowest BCUT2D eigenvalue weighted by molar-refractivity contribution is 0.0924. The highest BCUT2D eigenvalue weighted by molar-refractivity contribution is 6.18. The maximum atomic E-state index is 10.1. The van der Waals surface area contributed by atoms with Crippen molar-refractivity contribution in [3.63, 3.8) is 0 Å². The number of aliphatic hydroxyl groups excluding tert-OH is 2. The van der Waals surface area contributed by atoms with E-state index in [2.05, 4.69) is 18.8 Å². The molecule has 0 unspecified atom stereocenters. The van der Waals surface area contributed by atoms with Gasteiger partial charge in [0.25, 0.3) is 0 Å². The number of ether oxygens (including phenoxy) is 2. The van der Waals surface area contributed by atoms with Gasteiger partial charge >= 0.3 is 0 Å². The summed E-state index contributed by atoms with van der Waals surface area (Å²) in [5.41, 5.74) is 2.07. The highest BCUT2D eigenvalue weighted by Gasteiger charge is 2.23. The SMILES string of the molecule is CC(C)(c1ccc(OC[C@@H](O)Cn2ccnc2)cc1)c1ccc(OC[C@@H](O)CCl)cc1. The molecule has 0 aliphatic rings. The van der Waals surface area contributed by atoms with E-state index in [9.17, 15) is 10.2 Å². The van der Waals surface area contributed by atoms with Crippen molar-refractivity contribution in [2.45, 2.75) is 38.0 Å². The van der Waals surface area contributed by atoms with E-state index >= 15 is 0 Å². The van der Waals surface area contributed by atoms with Gasteiger partial charge in [-0.05, 0) is 35.4 Å². The van der Waals surface area contributed by atoms with E-state index in [1.807, 2.05) is 59.3 Å². The van der Waals surface area contributed by atoms with Crippen LogP contribution in [0.3, 0.4) is 0 Å². The van der Waals surface area contributed by atoms with Gasteiger partial charge in [0.2, 0.25) is 0 Å². The van der Waals surface area contributed by atoms with Crippen LogP contribution in [0.4, 0.5) is 0 Å².